The summed E-state index contributed by atoms with van der Waals surface area (Å²) in [6, 6.07) is 17.6. The number of halogens is 1. The average molecular weight is 318 g/mol. The molecule has 0 fully saturated rings. The van der Waals surface area contributed by atoms with Crippen LogP contribution in [-0.4, -0.2) is 11.7 Å². The van der Waals surface area contributed by atoms with Crippen LogP contribution in [0.3, 0.4) is 0 Å². The maximum atomic E-state index is 9.39. The Morgan fingerprint density at radius 1 is 1.05 bits per heavy atom. The molecule has 19 heavy (non-hydrogen) atoms. The molecule has 0 amide bonds. The second kappa shape index (κ2) is 6.55. The highest BCUT2D eigenvalue weighted by molar-refractivity contribution is 9.11. The molecule has 0 spiro atoms. The Bertz CT molecular complexity index is 536. The second-order valence-corrected chi connectivity index (χ2v) is 5.45. The molecule has 2 aromatic carbocycles. The molecule has 0 radical (unpaired) electrons. The zero-order chi connectivity index (χ0) is 13.7. The summed E-state index contributed by atoms with van der Waals surface area (Å²) in [5, 5.41) is 12.8. The lowest BCUT2D eigenvalue weighted by Gasteiger charge is -2.19. The second-order valence-electron chi connectivity index (χ2n) is 4.33. The van der Waals surface area contributed by atoms with Gasteiger partial charge in [-0.2, -0.15) is 0 Å². The Hall–Kier alpha value is -1.58. The van der Waals surface area contributed by atoms with Gasteiger partial charge >= 0.3 is 0 Å². The van der Waals surface area contributed by atoms with Crippen LogP contribution in [0.4, 0.5) is 0 Å². The summed E-state index contributed by atoms with van der Waals surface area (Å²) in [5.74, 6) is 0.278. The lowest BCUT2D eigenvalue weighted by atomic mass is 9.98. The molecule has 0 aliphatic carbocycles. The number of nitrogens with one attached hydrogen (secondary N) is 1. The Morgan fingerprint density at radius 2 is 1.63 bits per heavy atom. The van der Waals surface area contributed by atoms with Gasteiger partial charge in [-0.25, -0.2) is 0 Å². The predicted octanol–water partition coefficient (Wildman–Crippen LogP) is 3.98. The van der Waals surface area contributed by atoms with E-state index in [0.717, 1.165) is 10.0 Å². The Kier molecular flexibility index (Phi) is 4.77. The molecule has 0 saturated carbocycles. The molecule has 1 unspecified atom stereocenters. The van der Waals surface area contributed by atoms with Gasteiger partial charge in [0.1, 0.15) is 5.75 Å². The van der Waals surface area contributed by atoms with Gasteiger partial charge < -0.3 is 10.4 Å². The SMILES string of the molecule is C=C(Br)CNC(c1ccccc1)c1ccc(O)cc1. The molecular weight excluding hydrogens is 302 g/mol. The minimum Gasteiger partial charge on any atom is -0.508 e. The molecule has 0 aliphatic rings. The summed E-state index contributed by atoms with van der Waals surface area (Å²) >= 11 is 3.36. The molecule has 0 bridgehead atoms. The van der Waals surface area contributed by atoms with Crippen LogP contribution in [0.2, 0.25) is 0 Å². The first-order chi connectivity index (χ1) is 9.16. The molecule has 0 heterocycles. The Balaban J connectivity index is 2.28. The molecular formula is C16H16BrNO. The van der Waals surface area contributed by atoms with Gasteiger partial charge in [0.25, 0.3) is 0 Å². The first-order valence-electron chi connectivity index (χ1n) is 6.07. The van der Waals surface area contributed by atoms with Crippen molar-refractivity contribution in [3.63, 3.8) is 0 Å². The van der Waals surface area contributed by atoms with Crippen LogP contribution in [0.25, 0.3) is 0 Å². The largest absolute Gasteiger partial charge is 0.508 e. The third kappa shape index (κ3) is 3.94. The summed E-state index contributed by atoms with van der Waals surface area (Å²) in [4.78, 5) is 0. The number of phenolic OH excluding ortho intramolecular Hbond substituents is 1. The summed E-state index contributed by atoms with van der Waals surface area (Å²) in [7, 11) is 0. The van der Waals surface area contributed by atoms with E-state index in [1.165, 1.54) is 5.56 Å². The number of aromatic hydroxyl groups is 1. The van der Waals surface area contributed by atoms with E-state index in [2.05, 4.69) is 40.0 Å². The van der Waals surface area contributed by atoms with Gasteiger partial charge in [-0.1, -0.05) is 65.0 Å². The number of hydrogen-bond donors (Lipinski definition) is 2. The fourth-order valence-corrected chi connectivity index (χ4v) is 2.12. The van der Waals surface area contributed by atoms with Crippen molar-refractivity contribution in [3.05, 3.63) is 76.8 Å². The summed E-state index contributed by atoms with van der Waals surface area (Å²) < 4.78 is 0.909. The fraction of sp³-hybridized carbons (Fsp3) is 0.125. The summed E-state index contributed by atoms with van der Waals surface area (Å²) in [5.41, 5.74) is 2.29. The van der Waals surface area contributed by atoms with Crippen molar-refractivity contribution in [1.29, 1.82) is 0 Å². The minimum atomic E-state index is 0.0797. The van der Waals surface area contributed by atoms with Crippen molar-refractivity contribution in [1.82, 2.24) is 5.32 Å². The van der Waals surface area contributed by atoms with Gasteiger partial charge in [-0.05, 0) is 23.3 Å². The lowest BCUT2D eigenvalue weighted by Crippen LogP contribution is -2.23. The molecule has 2 N–H and O–H groups in total. The smallest absolute Gasteiger partial charge is 0.115 e. The normalized spacial score (nSPS) is 12.1. The van der Waals surface area contributed by atoms with Gasteiger partial charge in [-0.15, -0.1) is 0 Å². The van der Waals surface area contributed by atoms with E-state index < -0.39 is 0 Å². The van der Waals surface area contributed by atoms with Crippen LogP contribution >= 0.6 is 15.9 Å². The third-order valence-corrected chi connectivity index (χ3v) is 3.14. The molecule has 3 heteroatoms. The highest BCUT2D eigenvalue weighted by Gasteiger charge is 2.13. The number of rotatable bonds is 5. The van der Waals surface area contributed by atoms with Gasteiger partial charge in [0.15, 0.2) is 0 Å². The Labute approximate surface area is 121 Å². The molecule has 2 rings (SSSR count). The monoisotopic (exact) mass is 317 g/mol. The summed E-state index contributed by atoms with van der Waals surface area (Å²) in [6.45, 7) is 4.52. The zero-order valence-corrected chi connectivity index (χ0v) is 12.1. The predicted molar refractivity (Wildman–Crippen MR) is 82.5 cm³/mol. The van der Waals surface area contributed by atoms with Crippen LogP contribution in [0.5, 0.6) is 5.75 Å². The van der Waals surface area contributed by atoms with Crippen molar-refractivity contribution in [3.8, 4) is 5.75 Å². The van der Waals surface area contributed by atoms with Gasteiger partial charge in [0.2, 0.25) is 0 Å². The molecule has 1 atom stereocenters. The van der Waals surface area contributed by atoms with E-state index in [0.29, 0.717) is 6.54 Å². The van der Waals surface area contributed by atoms with E-state index in [-0.39, 0.29) is 11.8 Å². The third-order valence-electron chi connectivity index (χ3n) is 2.86. The van der Waals surface area contributed by atoms with Crippen molar-refractivity contribution < 1.29 is 5.11 Å². The Morgan fingerprint density at radius 3 is 2.21 bits per heavy atom. The van der Waals surface area contributed by atoms with Crippen molar-refractivity contribution in [2.45, 2.75) is 6.04 Å². The van der Waals surface area contributed by atoms with E-state index in [9.17, 15) is 5.11 Å². The zero-order valence-electron chi connectivity index (χ0n) is 10.5. The van der Waals surface area contributed by atoms with Crippen LogP contribution in [0.1, 0.15) is 17.2 Å². The van der Waals surface area contributed by atoms with Crippen LogP contribution in [0, 0.1) is 0 Å². The maximum absolute atomic E-state index is 9.39. The highest BCUT2D eigenvalue weighted by Crippen LogP contribution is 2.24. The quantitative estimate of drug-likeness (QED) is 0.874. The number of hydrogen-bond acceptors (Lipinski definition) is 2. The maximum Gasteiger partial charge on any atom is 0.115 e. The molecule has 0 saturated heterocycles. The minimum absolute atomic E-state index is 0.0797. The molecule has 0 aromatic heterocycles. The topological polar surface area (TPSA) is 32.3 Å². The van der Waals surface area contributed by atoms with Crippen LogP contribution in [0.15, 0.2) is 65.7 Å². The van der Waals surface area contributed by atoms with Crippen molar-refractivity contribution in [2.75, 3.05) is 6.54 Å². The fourth-order valence-electron chi connectivity index (χ4n) is 1.95. The van der Waals surface area contributed by atoms with E-state index in [1.54, 1.807) is 12.1 Å². The van der Waals surface area contributed by atoms with Gasteiger partial charge in [-0.3, -0.25) is 0 Å². The number of benzene rings is 2. The molecule has 98 valence electrons. The standard InChI is InChI=1S/C16H16BrNO/c1-12(17)11-18-16(13-5-3-2-4-6-13)14-7-9-15(19)10-8-14/h2-10,16,18-19H,1,11H2. The van der Waals surface area contributed by atoms with Gasteiger partial charge in [0.05, 0.1) is 6.04 Å². The highest BCUT2D eigenvalue weighted by atomic mass is 79.9. The first-order valence-corrected chi connectivity index (χ1v) is 6.86. The molecule has 2 aromatic rings. The lowest BCUT2D eigenvalue weighted by molar-refractivity contribution is 0.474. The summed E-state index contributed by atoms with van der Waals surface area (Å²) in [6.07, 6.45) is 0. The molecule has 2 nitrogen and oxygen atoms in total. The average Bonchev–Trinajstić information content (AvgIpc) is 2.42. The van der Waals surface area contributed by atoms with Gasteiger partial charge in [0, 0.05) is 11.0 Å². The van der Waals surface area contributed by atoms with Crippen molar-refractivity contribution >= 4 is 15.9 Å². The van der Waals surface area contributed by atoms with E-state index in [1.807, 2.05) is 30.3 Å². The van der Waals surface area contributed by atoms with Crippen LogP contribution < -0.4 is 5.32 Å². The van der Waals surface area contributed by atoms with E-state index in [4.69, 9.17) is 0 Å². The van der Waals surface area contributed by atoms with Crippen molar-refractivity contribution in [2.24, 2.45) is 0 Å². The molecule has 0 aliphatic heterocycles. The van der Waals surface area contributed by atoms with Crippen LogP contribution in [-0.2, 0) is 0 Å². The first kappa shape index (κ1) is 13.8. The van der Waals surface area contributed by atoms with E-state index >= 15 is 0 Å². The number of phenols is 1.